The van der Waals surface area contributed by atoms with Gasteiger partial charge in [-0.25, -0.2) is 4.98 Å². The summed E-state index contributed by atoms with van der Waals surface area (Å²) >= 11 is 6.19. The smallest absolute Gasteiger partial charge is 0.232 e. The number of halogens is 1. The summed E-state index contributed by atoms with van der Waals surface area (Å²) in [6, 6.07) is 9.58. The molecule has 112 valence electrons. The average molecular weight is 307 g/mol. The van der Waals surface area contributed by atoms with Gasteiger partial charge in [-0.05, 0) is 35.9 Å². The highest BCUT2D eigenvalue weighted by molar-refractivity contribution is 6.31. The number of ether oxygens (including phenoxy) is 2. The predicted molar refractivity (Wildman–Crippen MR) is 84.0 cm³/mol. The molecule has 0 unspecified atom stereocenters. The molecule has 0 amide bonds. The molecule has 0 saturated carbocycles. The van der Waals surface area contributed by atoms with Crippen molar-refractivity contribution in [3.63, 3.8) is 0 Å². The van der Waals surface area contributed by atoms with E-state index in [0.29, 0.717) is 17.5 Å². The standard InChI is InChI=1S/C16H19ClN2O2/c1-3-18-9-13-8-15(17)16(19-10-13)21-11-12-5-4-6-14(7-12)20-2/h4-8,10,18H,3,9,11H2,1-2H3. The molecule has 1 heterocycles. The maximum Gasteiger partial charge on any atom is 0.232 e. The Balaban J connectivity index is 1.99. The number of nitrogens with zero attached hydrogens (tertiary/aromatic N) is 1. The molecule has 0 aliphatic heterocycles. The van der Waals surface area contributed by atoms with Crippen LogP contribution in [0.15, 0.2) is 36.5 Å². The first-order valence-corrected chi connectivity index (χ1v) is 7.21. The van der Waals surface area contributed by atoms with E-state index in [1.54, 1.807) is 13.3 Å². The van der Waals surface area contributed by atoms with Crippen LogP contribution in [-0.4, -0.2) is 18.6 Å². The molecular formula is C16H19ClN2O2. The summed E-state index contributed by atoms with van der Waals surface area (Å²) in [5.41, 5.74) is 2.04. The summed E-state index contributed by atoms with van der Waals surface area (Å²) in [7, 11) is 1.64. The third-order valence-corrected chi connectivity index (χ3v) is 3.22. The molecule has 4 nitrogen and oxygen atoms in total. The zero-order valence-electron chi connectivity index (χ0n) is 12.2. The summed E-state index contributed by atoms with van der Waals surface area (Å²) in [6.45, 7) is 4.11. The van der Waals surface area contributed by atoms with Crippen LogP contribution in [0.5, 0.6) is 11.6 Å². The lowest BCUT2D eigenvalue weighted by atomic mass is 10.2. The average Bonchev–Trinajstić information content (AvgIpc) is 2.52. The van der Waals surface area contributed by atoms with Gasteiger partial charge in [-0.1, -0.05) is 30.7 Å². The molecular weight excluding hydrogens is 288 g/mol. The molecule has 21 heavy (non-hydrogen) atoms. The number of rotatable bonds is 7. The van der Waals surface area contributed by atoms with E-state index in [1.807, 2.05) is 30.3 Å². The number of hydrogen-bond donors (Lipinski definition) is 1. The van der Waals surface area contributed by atoms with Crippen LogP contribution in [0, 0.1) is 0 Å². The van der Waals surface area contributed by atoms with Gasteiger partial charge in [0.2, 0.25) is 5.88 Å². The molecule has 0 radical (unpaired) electrons. The van der Waals surface area contributed by atoms with E-state index in [1.165, 1.54) is 0 Å². The molecule has 1 N–H and O–H groups in total. The van der Waals surface area contributed by atoms with Crippen molar-refractivity contribution < 1.29 is 9.47 Å². The van der Waals surface area contributed by atoms with Crippen molar-refractivity contribution in [2.45, 2.75) is 20.1 Å². The minimum atomic E-state index is 0.399. The summed E-state index contributed by atoms with van der Waals surface area (Å²) in [6.07, 6.45) is 1.77. The van der Waals surface area contributed by atoms with Crippen LogP contribution >= 0.6 is 11.6 Å². The van der Waals surface area contributed by atoms with Crippen LogP contribution in [-0.2, 0) is 13.2 Å². The zero-order chi connectivity index (χ0) is 15.1. The van der Waals surface area contributed by atoms with Crippen molar-refractivity contribution in [2.24, 2.45) is 0 Å². The number of pyridine rings is 1. The Morgan fingerprint density at radius 1 is 1.24 bits per heavy atom. The molecule has 1 aromatic heterocycles. The minimum Gasteiger partial charge on any atom is -0.497 e. The summed E-state index contributed by atoms with van der Waals surface area (Å²) in [4.78, 5) is 4.26. The molecule has 0 bridgehead atoms. The van der Waals surface area contributed by atoms with E-state index in [2.05, 4.69) is 17.2 Å². The summed E-state index contributed by atoms with van der Waals surface area (Å²) in [5, 5.41) is 3.75. The van der Waals surface area contributed by atoms with Gasteiger partial charge in [0, 0.05) is 12.7 Å². The quantitative estimate of drug-likeness (QED) is 0.851. The second-order valence-electron chi connectivity index (χ2n) is 4.55. The van der Waals surface area contributed by atoms with Crippen molar-refractivity contribution in [3.05, 3.63) is 52.7 Å². The molecule has 0 aliphatic carbocycles. The van der Waals surface area contributed by atoms with Crippen LogP contribution in [0.25, 0.3) is 0 Å². The topological polar surface area (TPSA) is 43.4 Å². The molecule has 0 aliphatic rings. The molecule has 0 saturated heterocycles. The number of benzene rings is 1. The van der Waals surface area contributed by atoms with E-state index in [-0.39, 0.29) is 0 Å². The number of nitrogens with one attached hydrogen (secondary N) is 1. The molecule has 1 aromatic carbocycles. The third-order valence-electron chi connectivity index (χ3n) is 2.95. The van der Waals surface area contributed by atoms with Gasteiger partial charge in [0.15, 0.2) is 0 Å². The minimum absolute atomic E-state index is 0.399. The lowest BCUT2D eigenvalue weighted by Gasteiger charge is -2.09. The number of hydrogen-bond acceptors (Lipinski definition) is 4. The van der Waals surface area contributed by atoms with Gasteiger partial charge in [-0.3, -0.25) is 0 Å². The fourth-order valence-electron chi connectivity index (χ4n) is 1.85. The van der Waals surface area contributed by atoms with Gasteiger partial charge < -0.3 is 14.8 Å². The Hall–Kier alpha value is -1.78. The molecule has 2 aromatic rings. The van der Waals surface area contributed by atoms with Gasteiger partial charge >= 0.3 is 0 Å². The second-order valence-corrected chi connectivity index (χ2v) is 4.96. The summed E-state index contributed by atoms with van der Waals surface area (Å²) < 4.78 is 10.8. The fraction of sp³-hybridized carbons (Fsp3) is 0.312. The van der Waals surface area contributed by atoms with Crippen LogP contribution in [0.3, 0.4) is 0 Å². The monoisotopic (exact) mass is 306 g/mol. The first kappa shape index (κ1) is 15.6. The lowest BCUT2D eigenvalue weighted by Crippen LogP contribution is -2.12. The maximum absolute atomic E-state index is 6.19. The maximum atomic E-state index is 6.19. The van der Waals surface area contributed by atoms with Crippen LogP contribution in [0.4, 0.5) is 0 Å². The van der Waals surface area contributed by atoms with Crippen LogP contribution < -0.4 is 14.8 Å². The Kier molecular flexibility index (Phi) is 5.84. The van der Waals surface area contributed by atoms with Gasteiger partial charge in [0.05, 0.1) is 7.11 Å². The summed E-state index contributed by atoms with van der Waals surface area (Å²) in [5.74, 6) is 1.25. The predicted octanol–water partition coefficient (Wildman–Crippen LogP) is 3.43. The van der Waals surface area contributed by atoms with E-state index < -0.39 is 0 Å². The van der Waals surface area contributed by atoms with Gasteiger partial charge in [-0.15, -0.1) is 0 Å². The van der Waals surface area contributed by atoms with Crippen molar-refractivity contribution in [1.29, 1.82) is 0 Å². The van der Waals surface area contributed by atoms with Crippen LogP contribution in [0.1, 0.15) is 18.1 Å². The van der Waals surface area contributed by atoms with E-state index in [0.717, 1.165) is 30.0 Å². The largest absolute Gasteiger partial charge is 0.497 e. The lowest BCUT2D eigenvalue weighted by molar-refractivity contribution is 0.293. The fourth-order valence-corrected chi connectivity index (χ4v) is 2.09. The van der Waals surface area contributed by atoms with E-state index >= 15 is 0 Å². The van der Waals surface area contributed by atoms with E-state index in [9.17, 15) is 0 Å². The van der Waals surface area contributed by atoms with Crippen molar-refractivity contribution in [2.75, 3.05) is 13.7 Å². The van der Waals surface area contributed by atoms with Crippen molar-refractivity contribution in [3.8, 4) is 11.6 Å². The highest BCUT2D eigenvalue weighted by Gasteiger charge is 2.06. The Bertz CT molecular complexity index is 590. The molecule has 0 atom stereocenters. The van der Waals surface area contributed by atoms with Gasteiger partial charge in [0.1, 0.15) is 17.4 Å². The molecule has 5 heteroatoms. The van der Waals surface area contributed by atoms with Gasteiger partial charge in [-0.2, -0.15) is 0 Å². The molecule has 0 spiro atoms. The molecule has 2 rings (SSSR count). The second kappa shape index (κ2) is 7.86. The van der Waals surface area contributed by atoms with Crippen molar-refractivity contribution >= 4 is 11.6 Å². The Labute approximate surface area is 130 Å². The Morgan fingerprint density at radius 2 is 2.10 bits per heavy atom. The first-order valence-electron chi connectivity index (χ1n) is 6.83. The zero-order valence-corrected chi connectivity index (χ0v) is 13.0. The number of methoxy groups -OCH3 is 1. The Morgan fingerprint density at radius 3 is 2.81 bits per heavy atom. The first-order chi connectivity index (χ1) is 10.2. The number of aromatic nitrogens is 1. The third kappa shape index (κ3) is 4.62. The van der Waals surface area contributed by atoms with Gasteiger partial charge in [0.25, 0.3) is 0 Å². The van der Waals surface area contributed by atoms with Crippen molar-refractivity contribution in [1.82, 2.24) is 10.3 Å². The highest BCUT2D eigenvalue weighted by Crippen LogP contribution is 2.24. The SMILES string of the molecule is CCNCc1cnc(OCc2cccc(OC)c2)c(Cl)c1. The van der Waals surface area contributed by atoms with E-state index in [4.69, 9.17) is 21.1 Å². The highest BCUT2D eigenvalue weighted by atomic mass is 35.5. The normalized spacial score (nSPS) is 10.4. The molecule has 0 fully saturated rings. The van der Waals surface area contributed by atoms with Crippen LogP contribution in [0.2, 0.25) is 5.02 Å².